The number of aromatic nitrogens is 1. The van der Waals surface area contributed by atoms with Crippen molar-refractivity contribution in [1.82, 2.24) is 5.16 Å². The summed E-state index contributed by atoms with van der Waals surface area (Å²) in [7, 11) is 1.65. The molecule has 1 atom stereocenters. The molecular weight excluding hydrogens is 270 g/mol. The van der Waals surface area contributed by atoms with Crippen LogP contribution in [0.3, 0.4) is 0 Å². The first-order valence-corrected chi connectivity index (χ1v) is 6.67. The van der Waals surface area contributed by atoms with E-state index >= 15 is 0 Å². The monoisotopic (exact) mass is 289 g/mol. The second-order valence-corrected chi connectivity index (χ2v) is 4.82. The molecule has 0 aliphatic carbocycles. The number of carbonyl (C=O) groups excluding carboxylic acids is 1. The van der Waals surface area contributed by atoms with Crippen molar-refractivity contribution in [2.24, 2.45) is 0 Å². The van der Waals surface area contributed by atoms with Crippen LogP contribution in [-0.2, 0) is 16.1 Å². The maximum atomic E-state index is 12.1. The fourth-order valence-corrected chi connectivity index (χ4v) is 1.89. The largest absolute Gasteiger partial charge is 0.380 e. The lowest BCUT2D eigenvalue weighted by molar-refractivity contribution is -0.116. The highest BCUT2D eigenvalue weighted by molar-refractivity contribution is 5.95. The highest BCUT2D eigenvalue weighted by Crippen LogP contribution is 2.14. The lowest BCUT2D eigenvalue weighted by Crippen LogP contribution is -2.31. The molecule has 0 bridgehead atoms. The van der Waals surface area contributed by atoms with Crippen molar-refractivity contribution in [1.29, 1.82) is 0 Å². The molecule has 0 saturated heterocycles. The smallest absolute Gasteiger partial charge is 0.248 e. The number of aryl methyl sites for hydroxylation is 1. The van der Waals surface area contributed by atoms with Gasteiger partial charge in [0.25, 0.3) is 0 Å². The van der Waals surface area contributed by atoms with Gasteiger partial charge in [-0.25, -0.2) is 0 Å². The highest BCUT2D eigenvalue weighted by Gasteiger charge is 2.14. The number of nitrogens with zero attached hydrogens (tertiary/aromatic N) is 1. The number of benzene rings is 1. The third-order valence-corrected chi connectivity index (χ3v) is 2.89. The first kappa shape index (κ1) is 15.1. The average molecular weight is 289 g/mol. The van der Waals surface area contributed by atoms with Gasteiger partial charge in [-0.3, -0.25) is 10.1 Å². The van der Waals surface area contributed by atoms with Gasteiger partial charge in [0.2, 0.25) is 11.8 Å². The zero-order valence-electron chi connectivity index (χ0n) is 12.3. The first-order chi connectivity index (χ1) is 10.1. The van der Waals surface area contributed by atoms with E-state index < -0.39 is 6.04 Å². The summed E-state index contributed by atoms with van der Waals surface area (Å²) in [6, 6.07) is 9.00. The highest BCUT2D eigenvalue weighted by atomic mass is 16.5. The molecule has 2 N–H and O–H groups in total. The van der Waals surface area contributed by atoms with Crippen LogP contribution in [0, 0.1) is 6.92 Å². The molecule has 1 amide bonds. The van der Waals surface area contributed by atoms with Crippen LogP contribution in [-0.4, -0.2) is 24.2 Å². The molecule has 1 aromatic heterocycles. The molecule has 1 unspecified atom stereocenters. The van der Waals surface area contributed by atoms with Gasteiger partial charge in [0.15, 0.2) is 0 Å². The molecule has 0 radical (unpaired) electrons. The number of hydrogen-bond acceptors (Lipinski definition) is 5. The Balaban J connectivity index is 1.95. The van der Waals surface area contributed by atoms with Crippen molar-refractivity contribution in [3.63, 3.8) is 0 Å². The Morgan fingerprint density at radius 1 is 1.43 bits per heavy atom. The number of rotatable bonds is 6. The van der Waals surface area contributed by atoms with E-state index in [9.17, 15) is 4.79 Å². The van der Waals surface area contributed by atoms with E-state index in [-0.39, 0.29) is 5.91 Å². The normalized spacial score (nSPS) is 12.0. The van der Waals surface area contributed by atoms with E-state index in [0.29, 0.717) is 12.5 Å². The molecule has 0 aliphatic heterocycles. The van der Waals surface area contributed by atoms with Gasteiger partial charge in [-0.2, -0.15) is 0 Å². The van der Waals surface area contributed by atoms with Gasteiger partial charge in [0.05, 0.1) is 12.3 Å². The summed E-state index contributed by atoms with van der Waals surface area (Å²) in [5, 5.41) is 9.53. The Bertz CT molecular complexity index is 610. The molecule has 0 fully saturated rings. The minimum atomic E-state index is -0.409. The number of nitrogens with one attached hydrogen (secondary N) is 2. The van der Waals surface area contributed by atoms with Crippen molar-refractivity contribution in [3.05, 3.63) is 41.6 Å². The Labute approximate surface area is 123 Å². The molecule has 1 aromatic carbocycles. The number of carbonyl (C=O) groups is 1. The van der Waals surface area contributed by atoms with Crippen LogP contribution in [0.5, 0.6) is 0 Å². The SMILES string of the molecule is COCc1cccc(NC(C)C(=O)Nc2cc(C)no2)c1. The Hall–Kier alpha value is -2.34. The van der Waals surface area contributed by atoms with Gasteiger partial charge in [-0.15, -0.1) is 0 Å². The number of anilines is 2. The van der Waals surface area contributed by atoms with Crippen molar-refractivity contribution in [2.45, 2.75) is 26.5 Å². The maximum Gasteiger partial charge on any atom is 0.248 e. The van der Waals surface area contributed by atoms with Crippen LogP contribution in [0.1, 0.15) is 18.2 Å². The maximum absolute atomic E-state index is 12.1. The second kappa shape index (κ2) is 6.90. The Morgan fingerprint density at radius 2 is 2.24 bits per heavy atom. The number of ether oxygens (including phenoxy) is 1. The van der Waals surface area contributed by atoms with Gasteiger partial charge < -0.3 is 14.6 Å². The number of methoxy groups -OCH3 is 1. The van der Waals surface area contributed by atoms with Crippen LogP contribution in [0.4, 0.5) is 11.6 Å². The van der Waals surface area contributed by atoms with E-state index in [0.717, 1.165) is 16.9 Å². The molecule has 1 heterocycles. The predicted molar refractivity (Wildman–Crippen MR) is 80.1 cm³/mol. The fraction of sp³-hybridized carbons (Fsp3) is 0.333. The molecule has 21 heavy (non-hydrogen) atoms. The average Bonchev–Trinajstić information content (AvgIpc) is 2.85. The zero-order valence-corrected chi connectivity index (χ0v) is 12.3. The minimum absolute atomic E-state index is 0.191. The van der Waals surface area contributed by atoms with Crippen LogP contribution in [0.2, 0.25) is 0 Å². The zero-order chi connectivity index (χ0) is 15.2. The van der Waals surface area contributed by atoms with Crippen LogP contribution >= 0.6 is 0 Å². The summed E-state index contributed by atoms with van der Waals surface area (Å²) in [6.07, 6.45) is 0. The van der Waals surface area contributed by atoms with Crippen LogP contribution in [0.25, 0.3) is 0 Å². The standard InChI is InChI=1S/C15H19N3O3/c1-10-7-14(21-18-10)17-15(19)11(2)16-13-6-4-5-12(8-13)9-20-3/h4-8,11,16H,9H2,1-3H3,(H,17,19). The van der Waals surface area contributed by atoms with Gasteiger partial charge in [0.1, 0.15) is 6.04 Å². The third-order valence-electron chi connectivity index (χ3n) is 2.89. The summed E-state index contributed by atoms with van der Waals surface area (Å²) in [5.74, 6) is 0.155. The van der Waals surface area contributed by atoms with E-state index in [4.69, 9.17) is 9.26 Å². The van der Waals surface area contributed by atoms with Gasteiger partial charge in [-0.05, 0) is 31.5 Å². The second-order valence-electron chi connectivity index (χ2n) is 4.82. The van der Waals surface area contributed by atoms with E-state index in [1.807, 2.05) is 24.3 Å². The predicted octanol–water partition coefficient (Wildman–Crippen LogP) is 2.57. The third kappa shape index (κ3) is 4.32. The van der Waals surface area contributed by atoms with Crippen molar-refractivity contribution in [3.8, 4) is 0 Å². The van der Waals surface area contributed by atoms with Crippen molar-refractivity contribution >= 4 is 17.5 Å². The fourth-order valence-electron chi connectivity index (χ4n) is 1.89. The van der Waals surface area contributed by atoms with Gasteiger partial charge in [0, 0.05) is 18.9 Å². The molecular formula is C15H19N3O3. The number of hydrogen-bond donors (Lipinski definition) is 2. The summed E-state index contributed by atoms with van der Waals surface area (Å²) in [4.78, 5) is 12.1. The molecule has 6 heteroatoms. The molecule has 0 saturated carbocycles. The van der Waals surface area contributed by atoms with E-state index in [1.165, 1.54) is 0 Å². The van der Waals surface area contributed by atoms with E-state index in [1.54, 1.807) is 27.0 Å². The lowest BCUT2D eigenvalue weighted by atomic mass is 10.2. The molecule has 2 rings (SSSR count). The molecule has 6 nitrogen and oxygen atoms in total. The van der Waals surface area contributed by atoms with Crippen LogP contribution in [0.15, 0.2) is 34.9 Å². The molecule has 112 valence electrons. The summed E-state index contributed by atoms with van der Waals surface area (Å²) >= 11 is 0. The van der Waals surface area contributed by atoms with Crippen molar-refractivity contribution < 1.29 is 14.1 Å². The van der Waals surface area contributed by atoms with Gasteiger partial charge >= 0.3 is 0 Å². The minimum Gasteiger partial charge on any atom is -0.380 e. The lowest BCUT2D eigenvalue weighted by Gasteiger charge is -2.14. The van der Waals surface area contributed by atoms with E-state index in [2.05, 4.69) is 15.8 Å². The first-order valence-electron chi connectivity index (χ1n) is 6.67. The van der Waals surface area contributed by atoms with Crippen LogP contribution < -0.4 is 10.6 Å². The topological polar surface area (TPSA) is 76.4 Å². The summed E-state index contributed by atoms with van der Waals surface area (Å²) < 4.78 is 10.1. The Morgan fingerprint density at radius 3 is 2.90 bits per heavy atom. The summed E-state index contributed by atoms with van der Waals surface area (Å²) in [6.45, 7) is 4.11. The molecule has 2 aromatic rings. The Kier molecular flexibility index (Phi) is 4.94. The van der Waals surface area contributed by atoms with Crippen molar-refractivity contribution in [2.75, 3.05) is 17.7 Å². The number of amides is 1. The summed E-state index contributed by atoms with van der Waals surface area (Å²) in [5.41, 5.74) is 2.63. The molecule has 0 aliphatic rings. The molecule has 0 spiro atoms. The van der Waals surface area contributed by atoms with Gasteiger partial charge in [-0.1, -0.05) is 17.3 Å². The quantitative estimate of drug-likeness (QED) is 0.854.